The average Bonchev–Trinajstić information content (AvgIpc) is 2.81. The first-order valence-electron chi connectivity index (χ1n) is 11.7. The maximum Gasteiger partial charge on any atom is 0.270 e. The molecule has 1 saturated carbocycles. The summed E-state index contributed by atoms with van der Waals surface area (Å²) in [6.07, 6.45) is 5.53. The zero-order chi connectivity index (χ0) is 23.6. The molecule has 0 radical (unpaired) electrons. The summed E-state index contributed by atoms with van der Waals surface area (Å²) in [6.45, 7) is 4.92. The number of nitrogens with zero attached hydrogens (tertiary/aromatic N) is 2. The first-order valence-corrected chi connectivity index (χ1v) is 12.1. The van der Waals surface area contributed by atoms with Crippen molar-refractivity contribution in [3.05, 3.63) is 64.9 Å². The summed E-state index contributed by atoms with van der Waals surface area (Å²) < 4.78 is 0. The van der Waals surface area contributed by atoms with Gasteiger partial charge in [-0.25, -0.2) is 0 Å². The number of carbonyl (C=O) groups excluding carboxylic acids is 2. The molecular weight excluding hydrogens is 438 g/mol. The van der Waals surface area contributed by atoms with Crippen molar-refractivity contribution < 1.29 is 14.7 Å². The predicted molar refractivity (Wildman–Crippen MR) is 128 cm³/mol. The summed E-state index contributed by atoms with van der Waals surface area (Å²) in [4.78, 5) is 32.3. The van der Waals surface area contributed by atoms with Gasteiger partial charge in [0.2, 0.25) is 5.91 Å². The molecule has 2 fully saturated rings. The second-order valence-corrected chi connectivity index (χ2v) is 10.4. The van der Waals surface area contributed by atoms with Gasteiger partial charge < -0.3 is 15.3 Å². The molecule has 2 amide bonds. The summed E-state index contributed by atoms with van der Waals surface area (Å²) in [5.74, 6) is -0.437. The Morgan fingerprint density at radius 2 is 1.85 bits per heavy atom. The van der Waals surface area contributed by atoms with Crippen molar-refractivity contribution in [2.24, 2.45) is 11.3 Å². The van der Waals surface area contributed by atoms with Crippen molar-refractivity contribution in [1.29, 1.82) is 0 Å². The quantitative estimate of drug-likeness (QED) is 0.704. The molecule has 6 nitrogen and oxygen atoms in total. The Balaban J connectivity index is 1.48. The Kier molecular flexibility index (Phi) is 6.78. The maximum atomic E-state index is 13.6. The van der Waals surface area contributed by atoms with Gasteiger partial charge in [-0.1, -0.05) is 56.5 Å². The number of carbonyl (C=O) groups is 2. The third-order valence-corrected chi connectivity index (χ3v) is 7.63. The predicted octanol–water partition coefficient (Wildman–Crippen LogP) is 4.17. The molecule has 0 bridgehead atoms. The lowest BCUT2D eigenvalue weighted by Crippen LogP contribution is -2.59. The van der Waals surface area contributed by atoms with E-state index in [0.29, 0.717) is 30.2 Å². The van der Waals surface area contributed by atoms with Gasteiger partial charge in [-0.05, 0) is 49.1 Å². The summed E-state index contributed by atoms with van der Waals surface area (Å²) in [7, 11) is 0. The number of halogens is 1. The summed E-state index contributed by atoms with van der Waals surface area (Å²) in [6, 6.07) is 12.3. The molecule has 0 spiro atoms. The van der Waals surface area contributed by atoms with Crippen LogP contribution in [0.25, 0.3) is 0 Å². The van der Waals surface area contributed by atoms with E-state index >= 15 is 0 Å². The fourth-order valence-electron chi connectivity index (χ4n) is 5.34. The smallest absolute Gasteiger partial charge is 0.270 e. The Hall–Kier alpha value is -2.44. The Morgan fingerprint density at radius 1 is 1.12 bits per heavy atom. The third kappa shape index (κ3) is 4.78. The molecule has 3 atom stereocenters. The van der Waals surface area contributed by atoms with Crippen LogP contribution < -0.4 is 5.32 Å². The van der Waals surface area contributed by atoms with E-state index in [0.717, 1.165) is 31.2 Å². The minimum atomic E-state index is -1.05. The van der Waals surface area contributed by atoms with Crippen LogP contribution in [-0.2, 0) is 10.4 Å². The number of nitrogens with one attached hydrogen (secondary N) is 1. The largest absolute Gasteiger partial charge is 0.384 e. The van der Waals surface area contributed by atoms with Gasteiger partial charge >= 0.3 is 0 Å². The van der Waals surface area contributed by atoms with Gasteiger partial charge in [0.1, 0.15) is 5.69 Å². The van der Waals surface area contributed by atoms with E-state index in [1.54, 1.807) is 36.5 Å². The van der Waals surface area contributed by atoms with E-state index in [-0.39, 0.29) is 23.8 Å². The SMILES string of the molecule is CC1(C)CN(C(=O)[C@H]2CCCC[C@H]2NC(=O)c2ccccn2)CC[C@]1(O)c1ccc(Cl)cc1. The molecule has 7 heteroatoms. The molecule has 0 unspecified atom stereocenters. The number of benzene rings is 1. The topological polar surface area (TPSA) is 82.5 Å². The van der Waals surface area contributed by atoms with Crippen molar-refractivity contribution in [2.75, 3.05) is 13.1 Å². The highest BCUT2D eigenvalue weighted by atomic mass is 35.5. The van der Waals surface area contributed by atoms with Crippen molar-refractivity contribution in [2.45, 2.75) is 57.6 Å². The van der Waals surface area contributed by atoms with Crippen LogP contribution in [0.3, 0.4) is 0 Å². The summed E-state index contributed by atoms with van der Waals surface area (Å²) in [5, 5.41) is 15.3. The number of hydrogen-bond acceptors (Lipinski definition) is 4. The van der Waals surface area contributed by atoms with Crippen LogP contribution >= 0.6 is 11.6 Å². The summed E-state index contributed by atoms with van der Waals surface area (Å²) >= 11 is 6.04. The number of amides is 2. The molecule has 1 aromatic heterocycles. The van der Waals surface area contributed by atoms with E-state index < -0.39 is 11.0 Å². The van der Waals surface area contributed by atoms with Gasteiger partial charge in [-0.2, -0.15) is 0 Å². The van der Waals surface area contributed by atoms with Gasteiger partial charge in [0.05, 0.1) is 11.5 Å². The highest BCUT2D eigenvalue weighted by Crippen LogP contribution is 2.46. The van der Waals surface area contributed by atoms with Crippen molar-refractivity contribution in [1.82, 2.24) is 15.2 Å². The third-order valence-electron chi connectivity index (χ3n) is 7.38. The van der Waals surface area contributed by atoms with Crippen molar-refractivity contribution in [3.63, 3.8) is 0 Å². The van der Waals surface area contributed by atoms with Crippen LogP contribution in [-0.4, -0.2) is 45.9 Å². The zero-order valence-electron chi connectivity index (χ0n) is 19.3. The summed E-state index contributed by atoms with van der Waals surface area (Å²) in [5.41, 5.74) is -0.410. The van der Waals surface area contributed by atoms with Gasteiger partial charge in [0.25, 0.3) is 5.91 Å². The number of hydrogen-bond donors (Lipinski definition) is 2. The Bertz CT molecular complexity index is 996. The Morgan fingerprint density at radius 3 is 2.52 bits per heavy atom. The van der Waals surface area contributed by atoms with E-state index in [9.17, 15) is 14.7 Å². The molecule has 2 aromatic rings. The number of aromatic nitrogens is 1. The first-order chi connectivity index (χ1) is 15.7. The number of aliphatic hydroxyl groups is 1. The second-order valence-electron chi connectivity index (χ2n) is 9.95. The fourth-order valence-corrected chi connectivity index (χ4v) is 5.47. The van der Waals surface area contributed by atoms with E-state index in [1.807, 2.05) is 30.9 Å². The van der Waals surface area contributed by atoms with Crippen molar-refractivity contribution in [3.8, 4) is 0 Å². The van der Waals surface area contributed by atoms with Gasteiger partial charge in [-0.15, -0.1) is 0 Å². The second kappa shape index (κ2) is 9.43. The van der Waals surface area contributed by atoms with Crippen LogP contribution in [0.2, 0.25) is 5.02 Å². The molecule has 2 N–H and O–H groups in total. The minimum absolute atomic E-state index is 0.0623. The van der Waals surface area contributed by atoms with E-state index in [4.69, 9.17) is 11.6 Å². The molecular formula is C26H32ClN3O3. The van der Waals surface area contributed by atoms with Crippen LogP contribution in [0.1, 0.15) is 62.0 Å². The van der Waals surface area contributed by atoms with E-state index in [1.165, 1.54) is 0 Å². The molecule has 1 aliphatic heterocycles. The van der Waals surface area contributed by atoms with Gasteiger partial charge in [-0.3, -0.25) is 14.6 Å². The van der Waals surface area contributed by atoms with Gasteiger partial charge in [0.15, 0.2) is 0 Å². The lowest BCUT2D eigenvalue weighted by atomic mass is 9.66. The molecule has 1 aliphatic carbocycles. The average molecular weight is 470 g/mol. The number of likely N-dealkylation sites (tertiary alicyclic amines) is 1. The molecule has 33 heavy (non-hydrogen) atoms. The minimum Gasteiger partial charge on any atom is -0.384 e. The van der Waals surface area contributed by atoms with Crippen molar-refractivity contribution >= 4 is 23.4 Å². The highest BCUT2D eigenvalue weighted by molar-refractivity contribution is 6.30. The molecule has 1 aromatic carbocycles. The maximum absolute atomic E-state index is 13.6. The lowest BCUT2D eigenvalue weighted by molar-refractivity contribution is -0.158. The standard InChI is InChI=1S/C26H32ClN3O3/c1-25(2)17-30(16-14-26(25,33)18-10-12-19(27)13-11-18)24(32)20-7-3-4-8-21(20)29-23(31)22-9-5-6-15-28-22/h5-6,9-13,15,20-21,33H,3-4,7-8,14,16-17H2,1-2H3,(H,29,31)/t20-,21+,26-/m0/s1. The lowest BCUT2D eigenvalue weighted by Gasteiger charge is -2.51. The Labute approximate surface area is 200 Å². The van der Waals surface area contributed by atoms with Crippen LogP contribution in [0.4, 0.5) is 0 Å². The highest BCUT2D eigenvalue weighted by Gasteiger charge is 2.50. The number of piperidine rings is 1. The van der Waals surface area contributed by atoms with Crippen LogP contribution in [0.5, 0.6) is 0 Å². The monoisotopic (exact) mass is 469 g/mol. The normalized spacial score (nSPS) is 27.1. The first kappa shape index (κ1) is 23.7. The van der Waals surface area contributed by atoms with Crippen LogP contribution in [0.15, 0.2) is 48.7 Å². The fraction of sp³-hybridized carbons (Fsp3) is 0.500. The molecule has 1 saturated heterocycles. The van der Waals surface area contributed by atoms with Crippen LogP contribution in [0, 0.1) is 11.3 Å². The molecule has 2 heterocycles. The van der Waals surface area contributed by atoms with Gasteiger partial charge in [0, 0.05) is 35.8 Å². The molecule has 4 rings (SSSR count). The van der Waals surface area contributed by atoms with E-state index in [2.05, 4.69) is 10.3 Å². The zero-order valence-corrected chi connectivity index (χ0v) is 20.0. The number of rotatable bonds is 4. The number of pyridine rings is 1. The molecule has 176 valence electrons. The molecule has 2 aliphatic rings.